The van der Waals surface area contributed by atoms with Gasteiger partial charge in [-0.2, -0.15) is 4.31 Å². The zero-order valence-electron chi connectivity index (χ0n) is 10.9. The first-order valence-electron chi connectivity index (χ1n) is 5.70. The van der Waals surface area contributed by atoms with Gasteiger partial charge in [-0.05, 0) is 18.2 Å². The van der Waals surface area contributed by atoms with Gasteiger partial charge in [-0.15, -0.1) is 0 Å². The minimum absolute atomic E-state index is 0.0157. The van der Waals surface area contributed by atoms with Crippen molar-refractivity contribution in [2.45, 2.75) is 11.4 Å². The third kappa shape index (κ3) is 2.84. The van der Waals surface area contributed by atoms with E-state index in [9.17, 15) is 12.8 Å². The normalized spacial score (nSPS) is 12.1. The number of hydrogen-bond acceptors (Lipinski definition) is 3. The van der Waals surface area contributed by atoms with Gasteiger partial charge in [0.1, 0.15) is 16.5 Å². The van der Waals surface area contributed by atoms with Crippen molar-refractivity contribution in [3.05, 3.63) is 47.3 Å². The number of imidazole rings is 1. The third-order valence-electron chi connectivity index (χ3n) is 2.87. The summed E-state index contributed by atoms with van der Waals surface area (Å²) in [5.41, 5.74) is 0. The van der Waals surface area contributed by atoms with Crippen molar-refractivity contribution in [3.8, 4) is 0 Å². The van der Waals surface area contributed by atoms with Crippen molar-refractivity contribution < 1.29 is 12.8 Å². The van der Waals surface area contributed by atoms with E-state index in [0.29, 0.717) is 5.82 Å². The van der Waals surface area contributed by atoms with E-state index in [-0.39, 0.29) is 16.5 Å². The lowest BCUT2D eigenvalue weighted by atomic mass is 10.3. The highest BCUT2D eigenvalue weighted by Gasteiger charge is 2.25. The predicted molar refractivity (Wildman–Crippen MR) is 73.3 cm³/mol. The molecule has 108 valence electrons. The average molecular weight is 318 g/mol. The van der Waals surface area contributed by atoms with Gasteiger partial charge in [-0.1, -0.05) is 11.6 Å². The zero-order valence-corrected chi connectivity index (χ0v) is 12.5. The van der Waals surface area contributed by atoms with Crippen LogP contribution in [-0.2, 0) is 23.6 Å². The van der Waals surface area contributed by atoms with Gasteiger partial charge in [0.05, 0.1) is 11.6 Å². The molecule has 1 aromatic carbocycles. The Labute approximate surface area is 121 Å². The second kappa shape index (κ2) is 5.51. The number of sulfonamides is 1. The fraction of sp³-hybridized carbons (Fsp3) is 0.250. The number of nitrogens with zero attached hydrogens (tertiary/aromatic N) is 3. The van der Waals surface area contributed by atoms with Crippen molar-refractivity contribution in [2.24, 2.45) is 7.05 Å². The van der Waals surface area contributed by atoms with Crippen LogP contribution in [0.1, 0.15) is 5.82 Å². The fourth-order valence-electron chi connectivity index (χ4n) is 1.68. The van der Waals surface area contributed by atoms with Crippen molar-refractivity contribution in [1.29, 1.82) is 0 Å². The number of benzene rings is 1. The van der Waals surface area contributed by atoms with Crippen LogP contribution in [0.15, 0.2) is 35.5 Å². The Bertz CT molecular complexity index is 730. The number of hydrogen-bond donors (Lipinski definition) is 0. The van der Waals surface area contributed by atoms with Crippen LogP contribution in [0.3, 0.4) is 0 Å². The first-order valence-corrected chi connectivity index (χ1v) is 7.52. The molecule has 0 saturated carbocycles. The SMILES string of the molecule is CN(Cc1nccn1C)S(=O)(=O)c1cc(F)ccc1Cl. The largest absolute Gasteiger partial charge is 0.337 e. The summed E-state index contributed by atoms with van der Waals surface area (Å²) >= 11 is 5.84. The van der Waals surface area contributed by atoms with Gasteiger partial charge >= 0.3 is 0 Å². The molecule has 8 heteroatoms. The average Bonchev–Trinajstić information content (AvgIpc) is 2.78. The highest BCUT2D eigenvalue weighted by molar-refractivity contribution is 7.89. The Kier molecular flexibility index (Phi) is 4.12. The maximum atomic E-state index is 13.2. The fourth-order valence-corrected chi connectivity index (χ4v) is 3.28. The van der Waals surface area contributed by atoms with E-state index >= 15 is 0 Å². The number of aryl methyl sites for hydroxylation is 1. The lowest BCUT2D eigenvalue weighted by Crippen LogP contribution is -2.28. The number of aromatic nitrogens is 2. The molecule has 0 N–H and O–H groups in total. The molecule has 0 aliphatic heterocycles. The maximum absolute atomic E-state index is 13.2. The molecule has 0 fully saturated rings. The second-order valence-corrected chi connectivity index (χ2v) is 6.71. The standard InChI is InChI=1S/C12H13ClFN3O2S/c1-16-6-5-15-12(16)8-17(2)20(18,19)11-7-9(14)3-4-10(11)13/h3-7H,8H2,1-2H3. The van der Waals surface area contributed by atoms with Crippen molar-refractivity contribution in [3.63, 3.8) is 0 Å². The summed E-state index contributed by atoms with van der Waals surface area (Å²) in [6.45, 7) is 0.0681. The summed E-state index contributed by atoms with van der Waals surface area (Å²) in [6.07, 6.45) is 3.29. The van der Waals surface area contributed by atoms with E-state index in [1.807, 2.05) is 0 Å². The monoisotopic (exact) mass is 317 g/mol. The molecular formula is C12H13ClFN3O2S. The van der Waals surface area contributed by atoms with Gasteiger partial charge in [0, 0.05) is 26.5 Å². The summed E-state index contributed by atoms with van der Waals surface area (Å²) in [7, 11) is -0.721. The van der Waals surface area contributed by atoms with Crippen LogP contribution in [-0.4, -0.2) is 29.3 Å². The van der Waals surface area contributed by atoms with E-state index in [0.717, 1.165) is 16.4 Å². The van der Waals surface area contributed by atoms with Crippen LogP contribution in [0.2, 0.25) is 5.02 Å². The van der Waals surface area contributed by atoms with Gasteiger partial charge in [-0.25, -0.2) is 17.8 Å². The third-order valence-corrected chi connectivity index (χ3v) is 5.15. The predicted octanol–water partition coefficient (Wildman–Crippen LogP) is 2.03. The highest BCUT2D eigenvalue weighted by Crippen LogP contribution is 2.25. The molecule has 0 spiro atoms. The van der Waals surface area contributed by atoms with E-state index in [1.54, 1.807) is 24.0 Å². The van der Waals surface area contributed by atoms with Crippen molar-refractivity contribution in [1.82, 2.24) is 13.9 Å². The van der Waals surface area contributed by atoms with Gasteiger partial charge in [-0.3, -0.25) is 0 Å². The maximum Gasteiger partial charge on any atom is 0.244 e. The molecule has 0 unspecified atom stereocenters. The Morgan fingerprint density at radius 2 is 2.15 bits per heavy atom. The van der Waals surface area contributed by atoms with E-state index in [2.05, 4.69) is 4.98 Å². The number of rotatable bonds is 4. The molecule has 0 aliphatic carbocycles. The highest BCUT2D eigenvalue weighted by atomic mass is 35.5. The molecule has 0 amide bonds. The lowest BCUT2D eigenvalue weighted by Gasteiger charge is -2.17. The molecule has 0 saturated heterocycles. The zero-order chi connectivity index (χ0) is 14.9. The van der Waals surface area contributed by atoms with Gasteiger partial charge < -0.3 is 4.57 Å². The van der Waals surface area contributed by atoms with Crippen LogP contribution in [0.25, 0.3) is 0 Å². The summed E-state index contributed by atoms with van der Waals surface area (Å²) < 4.78 is 40.8. The van der Waals surface area contributed by atoms with Crippen LogP contribution in [0.5, 0.6) is 0 Å². The van der Waals surface area contributed by atoms with Gasteiger partial charge in [0.15, 0.2) is 0 Å². The van der Waals surface area contributed by atoms with Crippen LogP contribution in [0.4, 0.5) is 4.39 Å². The summed E-state index contributed by atoms with van der Waals surface area (Å²) in [4.78, 5) is 3.80. The Morgan fingerprint density at radius 3 is 2.75 bits per heavy atom. The molecule has 20 heavy (non-hydrogen) atoms. The molecule has 0 bridgehead atoms. The minimum Gasteiger partial charge on any atom is -0.337 e. The van der Waals surface area contributed by atoms with E-state index < -0.39 is 15.8 Å². The van der Waals surface area contributed by atoms with Crippen molar-refractivity contribution in [2.75, 3.05) is 7.05 Å². The molecule has 2 aromatic rings. The van der Waals surface area contributed by atoms with Crippen LogP contribution in [0, 0.1) is 5.82 Å². The molecule has 0 radical (unpaired) electrons. The molecule has 1 heterocycles. The quantitative estimate of drug-likeness (QED) is 0.867. The Morgan fingerprint density at radius 1 is 1.45 bits per heavy atom. The molecule has 2 rings (SSSR count). The first kappa shape index (κ1) is 15.0. The van der Waals surface area contributed by atoms with Crippen molar-refractivity contribution >= 4 is 21.6 Å². The second-order valence-electron chi connectivity index (χ2n) is 4.29. The van der Waals surface area contributed by atoms with Crippen LogP contribution >= 0.6 is 11.6 Å². The molecule has 0 aliphatic rings. The smallest absolute Gasteiger partial charge is 0.244 e. The summed E-state index contributed by atoms with van der Waals surface area (Å²) in [5, 5.41) is -0.0157. The van der Waals surface area contributed by atoms with E-state index in [1.165, 1.54) is 13.1 Å². The van der Waals surface area contributed by atoms with Crippen LogP contribution < -0.4 is 0 Å². The summed E-state index contributed by atoms with van der Waals surface area (Å²) in [6, 6.07) is 3.24. The minimum atomic E-state index is -3.88. The first-order chi connectivity index (χ1) is 9.32. The Hall–Kier alpha value is -1.44. The Balaban J connectivity index is 2.35. The molecule has 0 atom stereocenters. The lowest BCUT2D eigenvalue weighted by molar-refractivity contribution is 0.450. The topological polar surface area (TPSA) is 55.2 Å². The molecule has 1 aromatic heterocycles. The van der Waals surface area contributed by atoms with Gasteiger partial charge in [0.2, 0.25) is 10.0 Å². The molecule has 5 nitrogen and oxygen atoms in total. The molecular weight excluding hydrogens is 305 g/mol. The van der Waals surface area contributed by atoms with Gasteiger partial charge in [0.25, 0.3) is 0 Å². The summed E-state index contributed by atoms with van der Waals surface area (Å²) in [5.74, 6) is -0.0815. The number of halogens is 2. The van der Waals surface area contributed by atoms with E-state index in [4.69, 9.17) is 11.6 Å².